The smallest absolute Gasteiger partial charge is 0.298 e. The maximum absolute atomic E-state index is 10.8. The van der Waals surface area contributed by atoms with Crippen LogP contribution in [0.2, 0.25) is 0 Å². The molecule has 0 bridgehead atoms. The predicted molar refractivity (Wildman–Crippen MR) is 91.0 cm³/mol. The summed E-state index contributed by atoms with van der Waals surface area (Å²) < 4.78 is 17.1. The Bertz CT molecular complexity index is 821. The second-order valence-corrected chi connectivity index (χ2v) is 5.97. The van der Waals surface area contributed by atoms with Gasteiger partial charge in [0.1, 0.15) is 17.1 Å². The van der Waals surface area contributed by atoms with Crippen LogP contribution in [0.3, 0.4) is 0 Å². The van der Waals surface area contributed by atoms with Gasteiger partial charge >= 0.3 is 0 Å². The van der Waals surface area contributed by atoms with Crippen molar-refractivity contribution in [1.29, 1.82) is 0 Å². The molecule has 0 saturated carbocycles. The quantitative estimate of drug-likeness (QED) is 0.595. The molecule has 0 spiro atoms. The van der Waals surface area contributed by atoms with Crippen LogP contribution in [-0.4, -0.2) is 13.6 Å². The van der Waals surface area contributed by atoms with E-state index < -0.39 is 0 Å². The maximum atomic E-state index is 10.8. The maximum Gasteiger partial charge on any atom is 0.298 e. The number of fused-ring (bicyclic) bond motifs is 1. The van der Waals surface area contributed by atoms with Crippen molar-refractivity contribution < 1.29 is 18.7 Å². The summed E-state index contributed by atoms with van der Waals surface area (Å²) in [5, 5.41) is 0.796. The molecule has 0 unspecified atom stereocenters. The number of rotatable bonds is 6. The monoisotopic (exact) mass is 374 g/mol. The number of furan rings is 1. The first-order valence-corrected chi connectivity index (χ1v) is 7.94. The summed E-state index contributed by atoms with van der Waals surface area (Å²) in [4.78, 5) is 10.8. The Labute approximate surface area is 142 Å². The van der Waals surface area contributed by atoms with Crippen LogP contribution < -0.4 is 9.47 Å². The Morgan fingerprint density at radius 1 is 1.13 bits per heavy atom. The number of aryl methyl sites for hydroxylation is 2. The Morgan fingerprint density at radius 3 is 2.61 bits per heavy atom. The average Bonchev–Trinajstić information content (AvgIpc) is 2.90. The van der Waals surface area contributed by atoms with E-state index in [1.54, 1.807) is 7.11 Å². The van der Waals surface area contributed by atoms with E-state index in [0.717, 1.165) is 27.6 Å². The zero-order valence-electron chi connectivity index (χ0n) is 12.5. The fraction of sp³-hybridized carbons (Fsp3) is 0.167. The van der Waals surface area contributed by atoms with Gasteiger partial charge in [0, 0.05) is 10.9 Å². The lowest BCUT2D eigenvalue weighted by Gasteiger charge is -2.03. The van der Waals surface area contributed by atoms with Crippen LogP contribution in [0.25, 0.3) is 11.0 Å². The van der Waals surface area contributed by atoms with Crippen molar-refractivity contribution in [2.24, 2.45) is 0 Å². The first kappa shape index (κ1) is 15.6. The highest BCUT2D eigenvalue weighted by atomic mass is 79.9. The van der Waals surface area contributed by atoms with Crippen molar-refractivity contribution in [2.75, 3.05) is 7.11 Å². The zero-order chi connectivity index (χ0) is 16.2. The van der Waals surface area contributed by atoms with Gasteiger partial charge in [-0.15, -0.1) is 0 Å². The molecule has 23 heavy (non-hydrogen) atoms. The minimum Gasteiger partial charge on any atom is -0.497 e. The summed E-state index contributed by atoms with van der Waals surface area (Å²) in [6.07, 6.45) is 1.42. The lowest BCUT2D eigenvalue weighted by Crippen LogP contribution is -1.95. The Hall–Kier alpha value is -2.27. The van der Waals surface area contributed by atoms with E-state index in [-0.39, 0.29) is 0 Å². The molecule has 3 aromatic rings. The molecular formula is C18H15BrO4. The molecule has 1 aromatic heterocycles. The molecule has 2 aromatic carbocycles. The Balaban J connectivity index is 1.85. The molecule has 0 aliphatic carbocycles. The highest BCUT2D eigenvalue weighted by molar-refractivity contribution is 9.10. The van der Waals surface area contributed by atoms with Crippen molar-refractivity contribution >= 4 is 33.4 Å². The van der Waals surface area contributed by atoms with Gasteiger partial charge in [-0.1, -0.05) is 28.1 Å². The summed E-state index contributed by atoms with van der Waals surface area (Å²) in [5.41, 5.74) is 1.85. The molecule has 4 nitrogen and oxygen atoms in total. The molecule has 0 atom stereocenters. The molecular weight excluding hydrogens is 360 g/mol. The molecule has 0 fully saturated rings. The van der Waals surface area contributed by atoms with Crippen LogP contribution in [0.1, 0.15) is 11.3 Å². The normalized spacial score (nSPS) is 10.7. The number of ether oxygens (including phenoxy) is 2. The summed E-state index contributed by atoms with van der Waals surface area (Å²) in [7, 11) is 1.64. The number of carbonyl (C=O) groups excluding carboxylic acids is 1. The minimum atomic E-state index is 0.434. The molecule has 0 aliphatic rings. The van der Waals surface area contributed by atoms with E-state index in [0.29, 0.717) is 30.0 Å². The van der Waals surface area contributed by atoms with Gasteiger partial charge in [0.05, 0.1) is 12.5 Å². The van der Waals surface area contributed by atoms with Gasteiger partial charge in [-0.05, 0) is 42.3 Å². The number of hydrogen-bond acceptors (Lipinski definition) is 4. The minimum absolute atomic E-state index is 0.434. The van der Waals surface area contributed by atoms with Crippen molar-refractivity contribution in [3.05, 3.63) is 58.3 Å². The lowest BCUT2D eigenvalue weighted by molar-refractivity contribution is -0.120. The molecule has 1 heterocycles. The van der Waals surface area contributed by atoms with Crippen molar-refractivity contribution in [3.8, 4) is 11.5 Å². The van der Waals surface area contributed by atoms with Gasteiger partial charge in [0.15, 0.2) is 5.75 Å². The lowest BCUT2D eigenvalue weighted by atomic mass is 10.1. The third kappa shape index (κ3) is 3.40. The van der Waals surface area contributed by atoms with Crippen LogP contribution in [0.4, 0.5) is 0 Å². The summed E-state index contributed by atoms with van der Waals surface area (Å²) in [5.74, 6) is 1.99. The van der Waals surface area contributed by atoms with Gasteiger partial charge < -0.3 is 13.9 Å². The molecule has 0 radical (unpaired) electrons. The molecule has 5 heteroatoms. The van der Waals surface area contributed by atoms with E-state index >= 15 is 0 Å². The van der Waals surface area contributed by atoms with Crippen LogP contribution in [0, 0.1) is 0 Å². The number of methoxy groups -OCH3 is 1. The van der Waals surface area contributed by atoms with E-state index in [9.17, 15) is 4.79 Å². The van der Waals surface area contributed by atoms with E-state index in [1.165, 1.54) is 0 Å². The molecule has 0 N–H and O–H groups in total. The van der Waals surface area contributed by atoms with E-state index in [1.807, 2.05) is 42.5 Å². The molecule has 3 rings (SSSR count). The molecule has 118 valence electrons. The fourth-order valence-electron chi connectivity index (χ4n) is 2.49. The number of benzene rings is 2. The highest BCUT2D eigenvalue weighted by Crippen LogP contribution is 2.35. The van der Waals surface area contributed by atoms with Crippen molar-refractivity contribution in [3.63, 3.8) is 0 Å². The fourth-order valence-corrected chi connectivity index (χ4v) is 2.83. The zero-order valence-corrected chi connectivity index (χ0v) is 14.1. The average molecular weight is 375 g/mol. The van der Waals surface area contributed by atoms with Gasteiger partial charge in [0.25, 0.3) is 6.47 Å². The van der Waals surface area contributed by atoms with Crippen LogP contribution >= 0.6 is 15.9 Å². The van der Waals surface area contributed by atoms with Gasteiger partial charge in [-0.2, -0.15) is 0 Å². The number of hydrogen-bond donors (Lipinski definition) is 0. The van der Waals surface area contributed by atoms with Gasteiger partial charge in [0.2, 0.25) is 0 Å². The molecule has 0 aliphatic heterocycles. The first-order chi connectivity index (χ1) is 11.2. The van der Waals surface area contributed by atoms with Crippen LogP contribution in [0.5, 0.6) is 11.5 Å². The Morgan fingerprint density at radius 2 is 1.91 bits per heavy atom. The van der Waals surface area contributed by atoms with Gasteiger partial charge in [-0.3, -0.25) is 4.79 Å². The van der Waals surface area contributed by atoms with E-state index in [4.69, 9.17) is 13.9 Å². The SMILES string of the molecule is COc1ccc(CCc2oc3cc(Br)ccc3c2OC=O)cc1. The third-order valence-corrected chi connectivity index (χ3v) is 4.13. The molecule has 0 saturated heterocycles. The number of carbonyl (C=O) groups is 1. The number of halogens is 1. The van der Waals surface area contributed by atoms with Gasteiger partial charge in [-0.25, -0.2) is 0 Å². The summed E-state index contributed by atoms with van der Waals surface area (Å²) in [6, 6.07) is 13.5. The Kier molecular flexibility index (Phi) is 4.67. The second kappa shape index (κ2) is 6.87. The standard InChI is InChI=1S/C18H15BrO4/c1-21-14-6-2-12(3-7-14)4-9-16-18(22-11-20)15-8-5-13(19)10-17(15)23-16/h2-3,5-8,10-11H,4,9H2,1H3. The van der Waals surface area contributed by atoms with Crippen LogP contribution in [-0.2, 0) is 17.6 Å². The second-order valence-electron chi connectivity index (χ2n) is 5.06. The van der Waals surface area contributed by atoms with Crippen molar-refractivity contribution in [1.82, 2.24) is 0 Å². The topological polar surface area (TPSA) is 48.7 Å². The van der Waals surface area contributed by atoms with Crippen LogP contribution in [0.15, 0.2) is 51.4 Å². The summed E-state index contributed by atoms with van der Waals surface area (Å²) in [6.45, 7) is 0.434. The molecule has 0 amide bonds. The predicted octanol–water partition coefficient (Wildman–Crippen LogP) is 4.52. The largest absolute Gasteiger partial charge is 0.497 e. The highest BCUT2D eigenvalue weighted by Gasteiger charge is 2.16. The first-order valence-electron chi connectivity index (χ1n) is 7.15. The third-order valence-electron chi connectivity index (χ3n) is 3.64. The van der Waals surface area contributed by atoms with E-state index in [2.05, 4.69) is 15.9 Å². The summed E-state index contributed by atoms with van der Waals surface area (Å²) >= 11 is 3.41. The van der Waals surface area contributed by atoms with Crippen molar-refractivity contribution in [2.45, 2.75) is 12.8 Å².